The van der Waals surface area contributed by atoms with Crippen LogP contribution in [0.2, 0.25) is 0 Å². The molecule has 0 aromatic heterocycles. The molecule has 3 N–H and O–H groups in total. The standard InChI is InChI=1S/C21H23N3O3/c1-14-4-2-3-5-18(14)21(27)24-12-10-16(11-13-24)20(26)23-17-8-6-15(7-9-17)19(22)25/h2-9,16H,10-13H2,1H3,(H2,22,25)(H,23,26). The summed E-state index contributed by atoms with van der Waals surface area (Å²) in [5.74, 6) is -0.681. The molecular formula is C21H23N3O3. The minimum Gasteiger partial charge on any atom is -0.366 e. The number of nitrogens with zero attached hydrogens (tertiary/aromatic N) is 1. The van der Waals surface area contributed by atoms with Crippen LogP contribution in [0.5, 0.6) is 0 Å². The monoisotopic (exact) mass is 365 g/mol. The lowest BCUT2D eigenvalue weighted by Gasteiger charge is -2.31. The number of nitrogens with two attached hydrogens (primary N) is 1. The van der Waals surface area contributed by atoms with Crippen LogP contribution in [0.1, 0.15) is 39.1 Å². The molecule has 1 saturated heterocycles. The molecule has 0 unspecified atom stereocenters. The number of hydrogen-bond acceptors (Lipinski definition) is 3. The fraction of sp³-hybridized carbons (Fsp3) is 0.286. The highest BCUT2D eigenvalue weighted by molar-refractivity contribution is 5.97. The van der Waals surface area contributed by atoms with Crippen LogP contribution < -0.4 is 11.1 Å². The Hall–Kier alpha value is -3.15. The summed E-state index contributed by atoms with van der Waals surface area (Å²) in [5.41, 5.74) is 7.92. The third-order valence-electron chi connectivity index (χ3n) is 4.97. The molecule has 6 nitrogen and oxygen atoms in total. The Bertz CT molecular complexity index is 853. The molecule has 140 valence electrons. The molecule has 2 aromatic carbocycles. The van der Waals surface area contributed by atoms with Crippen molar-refractivity contribution < 1.29 is 14.4 Å². The second kappa shape index (κ2) is 8.03. The lowest BCUT2D eigenvalue weighted by atomic mass is 9.95. The van der Waals surface area contributed by atoms with Gasteiger partial charge in [-0.05, 0) is 55.7 Å². The van der Waals surface area contributed by atoms with Gasteiger partial charge >= 0.3 is 0 Å². The van der Waals surface area contributed by atoms with Gasteiger partial charge in [-0.3, -0.25) is 14.4 Å². The summed E-state index contributed by atoms with van der Waals surface area (Å²) >= 11 is 0. The lowest BCUT2D eigenvalue weighted by Crippen LogP contribution is -2.41. The van der Waals surface area contributed by atoms with E-state index in [1.165, 1.54) is 0 Å². The second-order valence-electron chi connectivity index (χ2n) is 6.81. The highest BCUT2D eigenvalue weighted by Gasteiger charge is 2.28. The summed E-state index contributed by atoms with van der Waals surface area (Å²) in [6, 6.07) is 14.0. The molecule has 1 aliphatic heterocycles. The Morgan fingerprint density at radius 3 is 2.22 bits per heavy atom. The predicted molar refractivity (Wildman–Crippen MR) is 103 cm³/mol. The number of anilines is 1. The van der Waals surface area contributed by atoms with Crippen molar-refractivity contribution in [1.29, 1.82) is 0 Å². The summed E-state index contributed by atoms with van der Waals surface area (Å²) in [7, 11) is 0. The van der Waals surface area contributed by atoms with E-state index in [2.05, 4.69) is 5.32 Å². The summed E-state index contributed by atoms with van der Waals surface area (Å²) in [5, 5.41) is 2.87. The molecule has 0 spiro atoms. The predicted octanol–water partition coefficient (Wildman–Crippen LogP) is 2.58. The normalized spacial score (nSPS) is 14.6. The number of carbonyl (C=O) groups excluding carboxylic acids is 3. The first kappa shape index (κ1) is 18.6. The van der Waals surface area contributed by atoms with Crippen molar-refractivity contribution in [2.75, 3.05) is 18.4 Å². The fourth-order valence-electron chi connectivity index (χ4n) is 3.29. The van der Waals surface area contributed by atoms with E-state index in [1.54, 1.807) is 24.3 Å². The molecule has 2 aromatic rings. The van der Waals surface area contributed by atoms with E-state index in [0.717, 1.165) is 11.1 Å². The highest BCUT2D eigenvalue weighted by Crippen LogP contribution is 2.22. The number of piperidine rings is 1. The van der Waals surface area contributed by atoms with Crippen LogP contribution in [0.25, 0.3) is 0 Å². The molecule has 0 atom stereocenters. The molecule has 0 radical (unpaired) electrons. The van der Waals surface area contributed by atoms with Gasteiger partial charge in [0.05, 0.1) is 0 Å². The molecular weight excluding hydrogens is 342 g/mol. The highest BCUT2D eigenvalue weighted by atomic mass is 16.2. The average Bonchev–Trinajstić information content (AvgIpc) is 2.68. The third kappa shape index (κ3) is 4.34. The van der Waals surface area contributed by atoms with Crippen LogP contribution >= 0.6 is 0 Å². The minimum absolute atomic E-state index is 0.0222. The maximum absolute atomic E-state index is 12.7. The Morgan fingerprint density at radius 2 is 1.63 bits per heavy atom. The Kier molecular flexibility index (Phi) is 5.54. The fourth-order valence-corrected chi connectivity index (χ4v) is 3.29. The molecule has 3 rings (SSSR count). The minimum atomic E-state index is -0.501. The molecule has 27 heavy (non-hydrogen) atoms. The quantitative estimate of drug-likeness (QED) is 0.872. The van der Waals surface area contributed by atoms with E-state index < -0.39 is 5.91 Å². The Morgan fingerprint density at radius 1 is 1.00 bits per heavy atom. The van der Waals surface area contributed by atoms with Gasteiger partial charge in [-0.25, -0.2) is 0 Å². The van der Waals surface area contributed by atoms with Crippen molar-refractivity contribution in [1.82, 2.24) is 4.90 Å². The molecule has 0 bridgehead atoms. The number of benzene rings is 2. The van der Waals surface area contributed by atoms with E-state index in [1.807, 2.05) is 36.1 Å². The van der Waals surface area contributed by atoms with Gasteiger partial charge in [-0.15, -0.1) is 0 Å². The zero-order chi connectivity index (χ0) is 19.4. The maximum atomic E-state index is 12.7. The van der Waals surface area contributed by atoms with Crippen LogP contribution in [-0.2, 0) is 4.79 Å². The molecule has 6 heteroatoms. The molecule has 1 fully saturated rings. The Labute approximate surface area is 158 Å². The number of likely N-dealkylation sites (tertiary alicyclic amines) is 1. The van der Waals surface area contributed by atoms with Gasteiger partial charge in [-0.1, -0.05) is 18.2 Å². The second-order valence-corrected chi connectivity index (χ2v) is 6.81. The Balaban J connectivity index is 1.55. The SMILES string of the molecule is Cc1ccccc1C(=O)N1CCC(C(=O)Nc2ccc(C(N)=O)cc2)CC1. The number of rotatable bonds is 4. The molecule has 3 amide bonds. The van der Waals surface area contributed by atoms with E-state index in [9.17, 15) is 14.4 Å². The van der Waals surface area contributed by atoms with Crippen molar-refractivity contribution >= 4 is 23.4 Å². The van der Waals surface area contributed by atoms with Crippen LogP contribution in [-0.4, -0.2) is 35.7 Å². The van der Waals surface area contributed by atoms with Crippen molar-refractivity contribution in [2.24, 2.45) is 11.7 Å². The third-order valence-corrected chi connectivity index (χ3v) is 4.97. The van der Waals surface area contributed by atoms with Crippen LogP contribution in [0.3, 0.4) is 0 Å². The summed E-state index contributed by atoms with van der Waals surface area (Å²) in [6.45, 7) is 3.05. The number of carbonyl (C=O) groups is 3. The number of amides is 3. The largest absolute Gasteiger partial charge is 0.366 e. The van der Waals surface area contributed by atoms with Gasteiger partial charge in [-0.2, -0.15) is 0 Å². The number of primary amides is 1. The number of nitrogens with one attached hydrogen (secondary N) is 1. The van der Waals surface area contributed by atoms with E-state index >= 15 is 0 Å². The van der Waals surface area contributed by atoms with Gasteiger partial charge in [0.2, 0.25) is 11.8 Å². The smallest absolute Gasteiger partial charge is 0.254 e. The van der Waals surface area contributed by atoms with Crippen LogP contribution in [0.4, 0.5) is 5.69 Å². The average molecular weight is 365 g/mol. The van der Waals surface area contributed by atoms with Crippen molar-refractivity contribution in [3.63, 3.8) is 0 Å². The molecule has 0 aliphatic carbocycles. The van der Waals surface area contributed by atoms with Gasteiger partial charge in [0.15, 0.2) is 0 Å². The van der Waals surface area contributed by atoms with Crippen LogP contribution in [0, 0.1) is 12.8 Å². The first-order valence-electron chi connectivity index (χ1n) is 9.01. The van der Waals surface area contributed by atoms with Crippen molar-refractivity contribution in [3.8, 4) is 0 Å². The molecule has 1 heterocycles. The van der Waals surface area contributed by atoms with Gasteiger partial charge < -0.3 is 16.0 Å². The van der Waals surface area contributed by atoms with Gasteiger partial charge in [0.1, 0.15) is 0 Å². The van der Waals surface area contributed by atoms with Crippen molar-refractivity contribution in [2.45, 2.75) is 19.8 Å². The van der Waals surface area contributed by atoms with Gasteiger partial charge in [0, 0.05) is 35.8 Å². The zero-order valence-corrected chi connectivity index (χ0v) is 15.3. The summed E-state index contributed by atoms with van der Waals surface area (Å²) in [4.78, 5) is 38.1. The number of aryl methyl sites for hydroxylation is 1. The van der Waals surface area contributed by atoms with E-state index in [-0.39, 0.29) is 17.7 Å². The maximum Gasteiger partial charge on any atom is 0.254 e. The van der Waals surface area contributed by atoms with Crippen LogP contribution in [0.15, 0.2) is 48.5 Å². The lowest BCUT2D eigenvalue weighted by molar-refractivity contribution is -0.121. The first-order valence-corrected chi connectivity index (χ1v) is 9.01. The van der Waals surface area contributed by atoms with Gasteiger partial charge in [0.25, 0.3) is 5.91 Å². The summed E-state index contributed by atoms with van der Waals surface area (Å²) in [6.07, 6.45) is 1.26. The van der Waals surface area contributed by atoms with E-state index in [0.29, 0.717) is 37.2 Å². The zero-order valence-electron chi connectivity index (χ0n) is 15.3. The van der Waals surface area contributed by atoms with E-state index in [4.69, 9.17) is 5.73 Å². The molecule has 0 saturated carbocycles. The van der Waals surface area contributed by atoms with Crippen molar-refractivity contribution in [3.05, 3.63) is 65.2 Å². The topological polar surface area (TPSA) is 92.5 Å². The summed E-state index contributed by atoms with van der Waals surface area (Å²) < 4.78 is 0. The number of hydrogen-bond donors (Lipinski definition) is 2. The molecule has 1 aliphatic rings. The first-order chi connectivity index (χ1) is 13.0.